The SMILES string of the molecule is CCOc1cc(/C=N/Nc2nc(-c3ccccc3)c(C)s2)ccc1OCc1ccc(F)cc1. The highest BCUT2D eigenvalue weighted by Gasteiger charge is 2.09. The lowest BCUT2D eigenvalue weighted by Crippen LogP contribution is -2.00. The van der Waals surface area contributed by atoms with Crippen LogP contribution < -0.4 is 14.9 Å². The van der Waals surface area contributed by atoms with Crippen LogP contribution in [-0.2, 0) is 6.61 Å². The Morgan fingerprint density at radius 1 is 1.00 bits per heavy atom. The molecule has 0 atom stereocenters. The second kappa shape index (κ2) is 10.7. The van der Waals surface area contributed by atoms with Gasteiger partial charge in [0.25, 0.3) is 0 Å². The molecule has 0 bridgehead atoms. The molecule has 3 aromatic carbocycles. The molecular weight excluding hydrogens is 437 g/mol. The zero-order valence-electron chi connectivity index (χ0n) is 18.4. The number of aryl methyl sites for hydroxylation is 1. The van der Waals surface area contributed by atoms with Gasteiger partial charge in [0, 0.05) is 10.4 Å². The Bertz CT molecular complexity index is 1220. The minimum absolute atomic E-state index is 0.268. The van der Waals surface area contributed by atoms with E-state index in [1.165, 1.54) is 12.1 Å². The first kappa shape index (κ1) is 22.5. The summed E-state index contributed by atoms with van der Waals surface area (Å²) in [7, 11) is 0. The molecule has 1 heterocycles. The van der Waals surface area contributed by atoms with Gasteiger partial charge in [0.2, 0.25) is 5.13 Å². The first-order valence-corrected chi connectivity index (χ1v) is 11.4. The molecule has 0 unspecified atom stereocenters. The summed E-state index contributed by atoms with van der Waals surface area (Å²) in [4.78, 5) is 5.78. The van der Waals surface area contributed by atoms with Crippen LogP contribution in [0.3, 0.4) is 0 Å². The molecule has 0 spiro atoms. The average molecular weight is 462 g/mol. The third-order valence-corrected chi connectivity index (χ3v) is 5.67. The molecule has 33 heavy (non-hydrogen) atoms. The van der Waals surface area contributed by atoms with Gasteiger partial charge in [-0.25, -0.2) is 9.37 Å². The van der Waals surface area contributed by atoms with Crippen molar-refractivity contribution in [3.8, 4) is 22.8 Å². The van der Waals surface area contributed by atoms with Crippen molar-refractivity contribution in [2.45, 2.75) is 20.5 Å². The fraction of sp³-hybridized carbons (Fsp3) is 0.154. The number of hydrogen-bond acceptors (Lipinski definition) is 6. The van der Waals surface area contributed by atoms with Gasteiger partial charge < -0.3 is 9.47 Å². The number of hydrogen-bond donors (Lipinski definition) is 1. The van der Waals surface area contributed by atoms with Crippen molar-refractivity contribution >= 4 is 22.7 Å². The molecule has 0 fully saturated rings. The summed E-state index contributed by atoms with van der Waals surface area (Å²) in [5, 5.41) is 5.06. The number of ether oxygens (including phenoxy) is 2. The minimum atomic E-state index is -0.268. The normalized spacial score (nSPS) is 11.0. The highest BCUT2D eigenvalue weighted by atomic mass is 32.1. The quantitative estimate of drug-likeness (QED) is 0.223. The molecule has 0 aliphatic carbocycles. The number of aromatic nitrogens is 1. The first-order chi connectivity index (χ1) is 16.1. The molecule has 0 amide bonds. The maximum Gasteiger partial charge on any atom is 0.204 e. The van der Waals surface area contributed by atoms with Crippen LogP contribution in [0.2, 0.25) is 0 Å². The van der Waals surface area contributed by atoms with Gasteiger partial charge in [-0.15, -0.1) is 11.3 Å². The summed E-state index contributed by atoms with van der Waals surface area (Å²) in [5.41, 5.74) is 6.79. The smallest absolute Gasteiger partial charge is 0.204 e. The van der Waals surface area contributed by atoms with E-state index in [1.807, 2.05) is 62.4 Å². The number of thiazole rings is 1. The lowest BCUT2D eigenvalue weighted by Gasteiger charge is -2.12. The number of anilines is 1. The molecule has 168 valence electrons. The summed E-state index contributed by atoms with van der Waals surface area (Å²) < 4.78 is 24.7. The molecule has 0 saturated heterocycles. The zero-order chi connectivity index (χ0) is 23.0. The van der Waals surface area contributed by atoms with Gasteiger partial charge in [-0.1, -0.05) is 42.5 Å². The van der Waals surface area contributed by atoms with Crippen molar-refractivity contribution < 1.29 is 13.9 Å². The Labute approximate surface area is 196 Å². The van der Waals surface area contributed by atoms with Crippen LogP contribution in [0.15, 0.2) is 77.9 Å². The van der Waals surface area contributed by atoms with Crippen molar-refractivity contribution in [2.75, 3.05) is 12.0 Å². The summed E-state index contributed by atoms with van der Waals surface area (Å²) in [6.07, 6.45) is 1.71. The van der Waals surface area contributed by atoms with Gasteiger partial charge in [-0.05, 0) is 55.3 Å². The molecule has 0 radical (unpaired) electrons. The molecule has 1 aromatic heterocycles. The second-order valence-corrected chi connectivity index (χ2v) is 8.42. The van der Waals surface area contributed by atoms with Gasteiger partial charge in [0.1, 0.15) is 12.4 Å². The van der Waals surface area contributed by atoms with Crippen LogP contribution in [0.1, 0.15) is 22.9 Å². The van der Waals surface area contributed by atoms with Gasteiger partial charge in [-0.2, -0.15) is 5.10 Å². The molecule has 4 rings (SSSR count). The van der Waals surface area contributed by atoms with Crippen LogP contribution in [0.4, 0.5) is 9.52 Å². The molecule has 5 nitrogen and oxygen atoms in total. The standard InChI is InChI=1S/C26H24FN3O2S/c1-3-31-24-15-20(11-14-23(24)32-17-19-9-12-22(27)13-10-19)16-28-30-26-29-25(18(2)33-26)21-7-5-4-6-8-21/h4-16H,3,17H2,1-2H3,(H,29,30)/b28-16+. The van der Waals surface area contributed by atoms with Crippen LogP contribution in [-0.4, -0.2) is 17.8 Å². The third-order valence-electron chi connectivity index (χ3n) is 4.79. The number of halogens is 1. The fourth-order valence-electron chi connectivity index (χ4n) is 3.20. The maximum absolute atomic E-state index is 13.1. The van der Waals surface area contributed by atoms with E-state index in [2.05, 4.69) is 15.5 Å². The molecule has 0 aliphatic rings. The predicted octanol–water partition coefficient (Wildman–Crippen LogP) is 6.68. The number of rotatable bonds is 9. The third kappa shape index (κ3) is 5.96. The fourth-order valence-corrected chi connectivity index (χ4v) is 3.99. The Kier molecular flexibility index (Phi) is 7.32. The van der Waals surface area contributed by atoms with E-state index in [0.717, 1.165) is 32.4 Å². The van der Waals surface area contributed by atoms with E-state index in [1.54, 1.807) is 29.7 Å². The topological polar surface area (TPSA) is 55.7 Å². The predicted molar refractivity (Wildman–Crippen MR) is 132 cm³/mol. The maximum atomic E-state index is 13.1. The highest BCUT2D eigenvalue weighted by Crippen LogP contribution is 2.31. The minimum Gasteiger partial charge on any atom is -0.490 e. The Hall–Kier alpha value is -3.71. The van der Waals surface area contributed by atoms with E-state index in [0.29, 0.717) is 24.7 Å². The highest BCUT2D eigenvalue weighted by molar-refractivity contribution is 7.15. The zero-order valence-corrected chi connectivity index (χ0v) is 19.2. The Morgan fingerprint density at radius 2 is 1.79 bits per heavy atom. The van der Waals surface area contributed by atoms with E-state index in [4.69, 9.17) is 9.47 Å². The van der Waals surface area contributed by atoms with E-state index in [-0.39, 0.29) is 5.82 Å². The monoisotopic (exact) mass is 461 g/mol. The van der Waals surface area contributed by atoms with Crippen LogP contribution in [0.25, 0.3) is 11.3 Å². The van der Waals surface area contributed by atoms with Gasteiger partial charge in [0.05, 0.1) is 18.5 Å². The van der Waals surface area contributed by atoms with Crippen LogP contribution in [0.5, 0.6) is 11.5 Å². The van der Waals surface area contributed by atoms with Crippen LogP contribution >= 0.6 is 11.3 Å². The first-order valence-electron chi connectivity index (χ1n) is 10.6. The lowest BCUT2D eigenvalue weighted by molar-refractivity contribution is 0.269. The molecular formula is C26H24FN3O2S. The van der Waals surface area contributed by atoms with Crippen molar-refractivity contribution in [1.29, 1.82) is 0 Å². The number of nitrogens with one attached hydrogen (secondary N) is 1. The van der Waals surface area contributed by atoms with E-state index in [9.17, 15) is 4.39 Å². The van der Waals surface area contributed by atoms with E-state index >= 15 is 0 Å². The van der Waals surface area contributed by atoms with E-state index < -0.39 is 0 Å². The summed E-state index contributed by atoms with van der Waals surface area (Å²) in [6.45, 7) is 4.80. The Morgan fingerprint density at radius 3 is 2.55 bits per heavy atom. The average Bonchev–Trinajstić information content (AvgIpc) is 3.20. The molecule has 1 N–H and O–H groups in total. The van der Waals surface area contributed by atoms with Gasteiger partial charge in [-0.3, -0.25) is 5.43 Å². The summed E-state index contributed by atoms with van der Waals surface area (Å²) in [5.74, 6) is 0.976. The lowest BCUT2D eigenvalue weighted by atomic mass is 10.1. The summed E-state index contributed by atoms with van der Waals surface area (Å²) in [6, 6.07) is 21.9. The number of nitrogens with zero attached hydrogens (tertiary/aromatic N) is 2. The molecule has 0 aliphatic heterocycles. The second-order valence-electron chi connectivity index (χ2n) is 7.21. The van der Waals surface area contributed by atoms with Crippen molar-refractivity contribution in [1.82, 2.24) is 4.98 Å². The molecule has 0 saturated carbocycles. The largest absolute Gasteiger partial charge is 0.490 e. The van der Waals surface area contributed by atoms with Gasteiger partial charge in [0.15, 0.2) is 11.5 Å². The van der Waals surface area contributed by atoms with Crippen molar-refractivity contribution in [3.63, 3.8) is 0 Å². The molecule has 7 heteroatoms. The van der Waals surface area contributed by atoms with Crippen molar-refractivity contribution in [2.24, 2.45) is 5.10 Å². The number of hydrazone groups is 1. The Balaban J connectivity index is 1.42. The van der Waals surface area contributed by atoms with Gasteiger partial charge >= 0.3 is 0 Å². The molecule has 4 aromatic rings. The van der Waals surface area contributed by atoms with Crippen molar-refractivity contribution in [3.05, 3.63) is 94.6 Å². The summed E-state index contributed by atoms with van der Waals surface area (Å²) >= 11 is 1.56. The van der Waals surface area contributed by atoms with Crippen LogP contribution in [0, 0.1) is 12.7 Å². The number of benzene rings is 3.